The van der Waals surface area contributed by atoms with Gasteiger partial charge in [-0.05, 0) is 20.4 Å². The fourth-order valence-corrected chi connectivity index (χ4v) is 2.92. The first kappa shape index (κ1) is 10.4. The Morgan fingerprint density at radius 3 is 2.92 bits per heavy atom. The normalized spacial score (nSPS) is 32.2. The van der Waals surface area contributed by atoms with Gasteiger partial charge in [-0.1, -0.05) is 6.92 Å². The Morgan fingerprint density at radius 1 is 1.67 bits per heavy atom. The lowest BCUT2D eigenvalue weighted by atomic mass is 10.3. The van der Waals surface area contributed by atoms with Crippen molar-refractivity contribution in [3.05, 3.63) is 0 Å². The highest BCUT2D eigenvalue weighted by atomic mass is 32.2. The van der Waals surface area contributed by atoms with Crippen LogP contribution in [0.4, 0.5) is 0 Å². The van der Waals surface area contributed by atoms with Gasteiger partial charge in [-0.3, -0.25) is 0 Å². The molecule has 0 aromatic rings. The van der Waals surface area contributed by atoms with Crippen LogP contribution in [0.3, 0.4) is 0 Å². The molecule has 12 heavy (non-hydrogen) atoms. The van der Waals surface area contributed by atoms with Crippen LogP contribution in [0.25, 0.3) is 0 Å². The summed E-state index contributed by atoms with van der Waals surface area (Å²) >= 11 is 2.05. The molecule has 1 N–H and O–H groups in total. The van der Waals surface area contributed by atoms with E-state index in [9.17, 15) is 0 Å². The minimum atomic E-state index is 0.453. The van der Waals surface area contributed by atoms with Gasteiger partial charge in [0.2, 0.25) is 0 Å². The first-order valence-electron chi connectivity index (χ1n) is 4.65. The Labute approximate surface area is 79.4 Å². The quantitative estimate of drug-likeness (QED) is 0.724. The van der Waals surface area contributed by atoms with Crippen molar-refractivity contribution in [2.45, 2.75) is 36.9 Å². The van der Waals surface area contributed by atoms with Crippen molar-refractivity contribution in [2.75, 3.05) is 20.2 Å². The second-order valence-corrected chi connectivity index (χ2v) is 5.09. The molecule has 0 spiro atoms. The molecule has 1 heterocycles. The van der Waals surface area contributed by atoms with Gasteiger partial charge in [0.25, 0.3) is 0 Å². The van der Waals surface area contributed by atoms with E-state index in [1.54, 1.807) is 0 Å². The summed E-state index contributed by atoms with van der Waals surface area (Å²) in [5, 5.41) is 4.61. The zero-order valence-corrected chi connectivity index (χ0v) is 8.99. The molecule has 1 fully saturated rings. The third-order valence-electron chi connectivity index (χ3n) is 2.21. The molecule has 0 saturated carbocycles. The Balaban J connectivity index is 2.20. The zero-order chi connectivity index (χ0) is 8.97. The molecule has 3 atom stereocenters. The fraction of sp³-hybridized carbons (Fsp3) is 1.00. The van der Waals surface area contributed by atoms with Crippen LogP contribution in [-0.2, 0) is 4.74 Å². The van der Waals surface area contributed by atoms with Gasteiger partial charge in [0, 0.05) is 23.7 Å². The van der Waals surface area contributed by atoms with Gasteiger partial charge < -0.3 is 10.1 Å². The van der Waals surface area contributed by atoms with Crippen LogP contribution >= 0.6 is 11.8 Å². The molecule has 2 nitrogen and oxygen atoms in total. The van der Waals surface area contributed by atoms with Crippen molar-refractivity contribution in [1.29, 1.82) is 0 Å². The van der Waals surface area contributed by atoms with E-state index in [2.05, 4.69) is 30.9 Å². The van der Waals surface area contributed by atoms with Crippen molar-refractivity contribution < 1.29 is 4.74 Å². The van der Waals surface area contributed by atoms with E-state index in [1.807, 2.05) is 7.05 Å². The van der Waals surface area contributed by atoms with E-state index >= 15 is 0 Å². The highest BCUT2D eigenvalue weighted by Crippen LogP contribution is 2.29. The summed E-state index contributed by atoms with van der Waals surface area (Å²) in [5.74, 6) is 0. The van der Waals surface area contributed by atoms with Gasteiger partial charge in [0.15, 0.2) is 0 Å². The predicted octanol–water partition coefficient (Wildman–Crippen LogP) is 1.50. The maximum absolute atomic E-state index is 5.50. The van der Waals surface area contributed by atoms with Crippen molar-refractivity contribution in [3.8, 4) is 0 Å². The van der Waals surface area contributed by atoms with Crippen LogP contribution in [0.1, 0.15) is 20.3 Å². The van der Waals surface area contributed by atoms with Crippen LogP contribution in [-0.4, -0.2) is 36.8 Å². The van der Waals surface area contributed by atoms with Crippen molar-refractivity contribution in [1.82, 2.24) is 5.32 Å². The summed E-state index contributed by atoms with van der Waals surface area (Å²) in [6, 6.07) is 0. The van der Waals surface area contributed by atoms with E-state index in [0.717, 1.165) is 13.2 Å². The second kappa shape index (κ2) is 5.10. The van der Waals surface area contributed by atoms with Crippen LogP contribution in [0, 0.1) is 0 Å². The molecule has 1 rings (SSSR count). The third-order valence-corrected chi connectivity index (χ3v) is 3.81. The molecular weight excluding hydrogens is 170 g/mol. The van der Waals surface area contributed by atoms with Crippen molar-refractivity contribution in [3.63, 3.8) is 0 Å². The second-order valence-electron chi connectivity index (χ2n) is 3.41. The number of thioether (sulfide) groups is 1. The molecular formula is C9H19NOS. The fourth-order valence-electron chi connectivity index (χ4n) is 1.52. The summed E-state index contributed by atoms with van der Waals surface area (Å²) < 4.78 is 5.50. The van der Waals surface area contributed by atoms with Crippen LogP contribution in [0.5, 0.6) is 0 Å². The van der Waals surface area contributed by atoms with Crippen molar-refractivity contribution >= 4 is 11.8 Å². The number of rotatable bonds is 4. The van der Waals surface area contributed by atoms with Gasteiger partial charge in [-0.15, -0.1) is 0 Å². The average Bonchev–Trinajstić information content (AvgIpc) is 2.37. The van der Waals surface area contributed by atoms with Gasteiger partial charge >= 0.3 is 0 Å². The van der Waals surface area contributed by atoms with E-state index in [1.165, 1.54) is 6.42 Å². The third kappa shape index (κ3) is 2.96. The molecule has 0 aliphatic carbocycles. The van der Waals surface area contributed by atoms with E-state index in [0.29, 0.717) is 16.6 Å². The minimum absolute atomic E-state index is 0.453. The lowest BCUT2D eigenvalue weighted by molar-refractivity contribution is 0.127. The van der Waals surface area contributed by atoms with Gasteiger partial charge in [-0.25, -0.2) is 0 Å². The zero-order valence-electron chi connectivity index (χ0n) is 8.17. The first-order valence-corrected chi connectivity index (χ1v) is 5.60. The van der Waals surface area contributed by atoms with Crippen molar-refractivity contribution in [2.24, 2.45) is 0 Å². The molecule has 0 amide bonds. The van der Waals surface area contributed by atoms with Gasteiger partial charge in [-0.2, -0.15) is 11.8 Å². The summed E-state index contributed by atoms with van der Waals surface area (Å²) in [7, 11) is 2.01. The van der Waals surface area contributed by atoms with E-state index in [-0.39, 0.29) is 0 Å². The average molecular weight is 189 g/mol. The number of ether oxygens (including phenoxy) is 1. The monoisotopic (exact) mass is 189 g/mol. The molecule has 0 aromatic heterocycles. The topological polar surface area (TPSA) is 21.3 Å². The molecule has 0 aromatic carbocycles. The molecule has 3 unspecified atom stereocenters. The Hall–Kier alpha value is 0.270. The minimum Gasteiger partial charge on any atom is -0.377 e. The Kier molecular flexibility index (Phi) is 4.40. The Morgan fingerprint density at radius 2 is 2.42 bits per heavy atom. The predicted molar refractivity (Wildman–Crippen MR) is 54.8 cm³/mol. The molecule has 1 aliphatic heterocycles. The largest absolute Gasteiger partial charge is 0.377 e. The van der Waals surface area contributed by atoms with Crippen LogP contribution < -0.4 is 5.32 Å². The summed E-state index contributed by atoms with van der Waals surface area (Å²) in [4.78, 5) is 0. The number of nitrogens with one attached hydrogen (secondary N) is 1. The van der Waals surface area contributed by atoms with Gasteiger partial charge in [0.1, 0.15) is 0 Å². The first-order chi connectivity index (χ1) is 5.74. The molecule has 72 valence electrons. The molecule has 3 heteroatoms. The summed E-state index contributed by atoms with van der Waals surface area (Å²) in [6.07, 6.45) is 1.68. The highest BCUT2D eigenvalue weighted by Gasteiger charge is 2.25. The summed E-state index contributed by atoms with van der Waals surface area (Å²) in [5.41, 5.74) is 0. The lowest BCUT2D eigenvalue weighted by Gasteiger charge is -2.18. The SMILES string of the molecule is CNCC(C)SC1CCOC1C. The molecule has 1 saturated heterocycles. The van der Waals surface area contributed by atoms with Crippen LogP contribution in [0.15, 0.2) is 0 Å². The molecule has 1 aliphatic rings. The van der Waals surface area contributed by atoms with E-state index < -0.39 is 0 Å². The maximum Gasteiger partial charge on any atom is 0.0666 e. The maximum atomic E-state index is 5.50. The molecule has 0 radical (unpaired) electrons. The standard InChI is InChI=1S/C9H19NOS/c1-7(6-10-3)12-9-4-5-11-8(9)2/h7-10H,4-6H2,1-3H3. The smallest absolute Gasteiger partial charge is 0.0666 e. The van der Waals surface area contributed by atoms with E-state index in [4.69, 9.17) is 4.74 Å². The summed E-state index contributed by atoms with van der Waals surface area (Å²) in [6.45, 7) is 6.49. The number of hydrogen-bond donors (Lipinski definition) is 1. The number of hydrogen-bond acceptors (Lipinski definition) is 3. The lowest BCUT2D eigenvalue weighted by Crippen LogP contribution is -2.23. The Bertz CT molecular complexity index is 132. The van der Waals surface area contributed by atoms with Gasteiger partial charge in [0.05, 0.1) is 6.10 Å². The molecule has 0 bridgehead atoms. The van der Waals surface area contributed by atoms with Crippen LogP contribution in [0.2, 0.25) is 0 Å². The highest BCUT2D eigenvalue weighted by molar-refractivity contribution is 8.00.